The van der Waals surface area contributed by atoms with Crippen LogP contribution in [-0.2, 0) is 0 Å². The molecule has 0 radical (unpaired) electrons. The molecule has 0 amide bonds. The summed E-state index contributed by atoms with van der Waals surface area (Å²) in [5.74, 6) is -1.79. The molecule has 1 unspecified atom stereocenters. The lowest BCUT2D eigenvalue weighted by Gasteiger charge is -2.14. The van der Waals surface area contributed by atoms with Gasteiger partial charge in [-0.05, 0) is 24.3 Å². The van der Waals surface area contributed by atoms with Crippen LogP contribution in [0.1, 0.15) is 17.2 Å². The van der Waals surface area contributed by atoms with Crippen LogP contribution in [0.2, 0.25) is 0 Å². The molecule has 0 fully saturated rings. The van der Waals surface area contributed by atoms with E-state index in [1.54, 1.807) is 6.07 Å². The van der Waals surface area contributed by atoms with Crippen LogP contribution < -0.4 is 5.73 Å². The third kappa shape index (κ3) is 2.31. The van der Waals surface area contributed by atoms with Crippen molar-refractivity contribution in [2.45, 2.75) is 6.04 Å². The lowest BCUT2D eigenvalue weighted by atomic mass is 9.98. The lowest BCUT2D eigenvalue weighted by molar-refractivity contribution is 0.562. The Morgan fingerprint density at radius 2 is 1.47 bits per heavy atom. The molecule has 1 atom stereocenters. The minimum atomic E-state index is -1.02. The number of halogens is 3. The van der Waals surface area contributed by atoms with E-state index in [1.165, 1.54) is 18.2 Å². The number of nitrogens with two attached hydrogens (primary N) is 1. The van der Waals surface area contributed by atoms with Crippen LogP contribution in [0, 0.1) is 17.5 Å². The first-order valence-corrected chi connectivity index (χ1v) is 5.04. The molecule has 0 bridgehead atoms. The van der Waals surface area contributed by atoms with E-state index in [4.69, 9.17) is 5.73 Å². The Morgan fingerprint density at radius 3 is 2.18 bits per heavy atom. The molecule has 2 N–H and O–H groups in total. The number of benzene rings is 2. The van der Waals surface area contributed by atoms with Crippen molar-refractivity contribution in [3.8, 4) is 0 Å². The van der Waals surface area contributed by atoms with Gasteiger partial charge in [-0.1, -0.05) is 18.2 Å². The molecule has 0 spiro atoms. The van der Waals surface area contributed by atoms with Crippen LogP contribution >= 0.6 is 0 Å². The average molecular weight is 237 g/mol. The predicted molar refractivity (Wildman–Crippen MR) is 58.8 cm³/mol. The topological polar surface area (TPSA) is 26.0 Å². The molecule has 1 nitrogen and oxygen atoms in total. The molecular formula is C13H10F3N. The van der Waals surface area contributed by atoms with E-state index >= 15 is 0 Å². The molecule has 2 aromatic rings. The number of hydrogen-bond donors (Lipinski definition) is 1. The Hall–Kier alpha value is -1.81. The molecule has 0 aliphatic rings. The Kier molecular flexibility index (Phi) is 3.15. The summed E-state index contributed by atoms with van der Waals surface area (Å²) in [5, 5.41) is 0. The summed E-state index contributed by atoms with van der Waals surface area (Å²) >= 11 is 0. The Bertz CT molecular complexity index is 540. The predicted octanol–water partition coefficient (Wildman–Crippen LogP) is 3.15. The zero-order valence-corrected chi connectivity index (χ0v) is 8.83. The molecule has 0 aliphatic carbocycles. The SMILES string of the molecule is NC(c1ccccc1F)c1cc(F)ccc1F. The summed E-state index contributed by atoms with van der Waals surface area (Å²) in [6.45, 7) is 0. The Morgan fingerprint density at radius 1 is 0.824 bits per heavy atom. The smallest absolute Gasteiger partial charge is 0.128 e. The van der Waals surface area contributed by atoms with Gasteiger partial charge in [0.05, 0.1) is 6.04 Å². The maximum atomic E-state index is 13.5. The molecule has 88 valence electrons. The van der Waals surface area contributed by atoms with Gasteiger partial charge in [0.1, 0.15) is 17.5 Å². The number of rotatable bonds is 2. The third-order valence-electron chi connectivity index (χ3n) is 2.53. The fraction of sp³-hybridized carbons (Fsp3) is 0.0769. The molecule has 4 heteroatoms. The van der Waals surface area contributed by atoms with Gasteiger partial charge >= 0.3 is 0 Å². The highest BCUT2D eigenvalue weighted by atomic mass is 19.1. The summed E-state index contributed by atoms with van der Waals surface area (Å²) in [6.07, 6.45) is 0. The van der Waals surface area contributed by atoms with E-state index in [9.17, 15) is 13.2 Å². The summed E-state index contributed by atoms with van der Waals surface area (Å²) in [5.41, 5.74) is 5.82. The van der Waals surface area contributed by atoms with Crippen molar-refractivity contribution in [1.29, 1.82) is 0 Å². The minimum absolute atomic E-state index is 0.0601. The van der Waals surface area contributed by atoms with Gasteiger partial charge in [-0.15, -0.1) is 0 Å². The van der Waals surface area contributed by atoms with Gasteiger partial charge < -0.3 is 5.73 Å². The van der Waals surface area contributed by atoms with Crippen LogP contribution in [-0.4, -0.2) is 0 Å². The highest BCUT2D eigenvalue weighted by molar-refractivity contribution is 5.33. The zero-order chi connectivity index (χ0) is 12.4. The summed E-state index contributed by atoms with van der Waals surface area (Å²) in [7, 11) is 0. The van der Waals surface area contributed by atoms with E-state index < -0.39 is 23.5 Å². The standard InChI is InChI=1S/C13H10F3N/c14-8-5-6-12(16)10(7-8)13(17)9-3-1-2-4-11(9)15/h1-7,13H,17H2. The van der Waals surface area contributed by atoms with Gasteiger partial charge in [0.2, 0.25) is 0 Å². The van der Waals surface area contributed by atoms with Gasteiger partial charge in [-0.2, -0.15) is 0 Å². The van der Waals surface area contributed by atoms with Crippen molar-refractivity contribution in [2.24, 2.45) is 5.73 Å². The van der Waals surface area contributed by atoms with Crippen LogP contribution in [0.4, 0.5) is 13.2 Å². The minimum Gasteiger partial charge on any atom is -0.320 e. The Balaban J connectivity index is 2.47. The van der Waals surface area contributed by atoms with E-state index in [1.807, 2.05) is 0 Å². The molecule has 0 saturated carbocycles. The van der Waals surface area contributed by atoms with Crippen LogP contribution in [0.15, 0.2) is 42.5 Å². The quantitative estimate of drug-likeness (QED) is 0.853. The van der Waals surface area contributed by atoms with Gasteiger partial charge in [0, 0.05) is 11.1 Å². The maximum absolute atomic E-state index is 13.5. The molecule has 2 aromatic carbocycles. The van der Waals surface area contributed by atoms with E-state index in [0.29, 0.717) is 0 Å². The summed E-state index contributed by atoms with van der Waals surface area (Å²) < 4.78 is 39.9. The summed E-state index contributed by atoms with van der Waals surface area (Å²) in [6, 6.07) is 7.71. The Labute approximate surface area is 96.7 Å². The first-order valence-electron chi connectivity index (χ1n) is 5.04. The van der Waals surface area contributed by atoms with Crippen molar-refractivity contribution in [2.75, 3.05) is 0 Å². The maximum Gasteiger partial charge on any atom is 0.128 e. The van der Waals surface area contributed by atoms with Gasteiger partial charge in [0.25, 0.3) is 0 Å². The van der Waals surface area contributed by atoms with E-state index in [-0.39, 0.29) is 11.1 Å². The average Bonchev–Trinajstić information content (AvgIpc) is 2.32. The van der Waals surface area contributed by atoms with Gasteiger partial charge in [0.15, 0.2) is 0 Å². The highest BCUT2D eigenvalue weighted by Gasteiger charge is 2.17. The van der Waals surface area contributed by atoms with Crippen molar-refractivity contribution in [3.05, 3.63) is 71.0 Å². The molecule has 0 aromatic heterocycles. The second kappa shape index (κ2) is 4.59. The van der Waals surface area contributed by atoms with Crippen molar-refractivity contribution < 1.29 is 13.2 Å². The highest BCUT2D eigenvalue weighted by Crippen LogP contribution is 2.24. The monoisotopic (exact) mass is 237 g/mol. The molecule has 17 heavy (non-hydrogen) atoms. The van der Waals surface area contributed by atoms with Gasteiger partial charge in [-0.25, -0.2) is 13.2 Å². The number of hydrogen-bond acceptors (Lipinski definition) is 1. The molecule has 0 saturated heterocycles. The second-order valence-corrected chi connectivity index (χ2v) is 3.67. The zero-order valence-electron chi connectivity index (χ0n) is 8.83. The van der Waals surface area contributed by atoms with Crippen molar-refractivity contribution in [3.63, 3.8) is 0 Å². The molecule has 0 aliphatic heterocycles. The van der Waals surface area contributed by atoms with Crippen LogP contribution in [0.5, 0.6) is 0 Å². The molecule has 2 rings (SSSR count). The second-order valence-electron chi connectivity index (χ2n) is 3.67. The van der Waals surface area contributed by atoms with Crippen LogP contribution in [0.3, 0.4) is 0 Å². The largest absolute Gasteiger partial charge is 0.320 e. The lowest BCUT2D eigenvalue weighted by Crippen LogP contribution is -2.15. The normalized spacial score (nSPS) is 12.5. The first kappa shape index (κ1) is 11.7. The third-order valence-corrected chi connectivity index (χ3v) is 2.53. The van der Waals surface area contributed by atoms with E-state index in [0.717, 1.165) is 18.2 Å². The van der Waals surface area contributed by atoms with Crippen LogP contribution in [0.25, 0.3) is 0 Å². The fourth-order valence-electron chi connectivity index (χ4n) is 1.65. The van der Waals surface area contributed by atoms with E-state index in [2.05, 4.69) is 0 Å². The van der Waals surface area contributed by atoms with Crippen molar-refractivity contribution >= 4 is 0 Å². The molecular weight excluding hydrogens is 227 g/mol. The fourth-order valence-corrected chi connectivity index (χ4v) is 1.65. The summed E-state index contributed by atoms with van der Waals surface area (Å²) in [4.78, 5) is 0. The first-order chi connectivity index (χ1) is 8.09. The van der Waals surface area contributed by atoms with Gasteiger partial charge in [-0.3, -0.25) is 0 Å². The molecule has 0 heterocycles. The van der Waals surface area contributed by atoms with Crippen molar-refractivity contribution in [1.82, 2.24) is 0 Å².